The highest BCUT2D eigenvalue weighted by Crippen LogP contribution is 2.43. The topological polar surface area (TPSA) is 96.8 Å². The molecular weight excluding hydrogens is 396 g/mol. The van der Waals surface area contributed by atoms with Crippen molar-refractivity contribution in [3.8, 4) is 0 Å². The van der Waals surface area contributed by atoms with Crippen LogP contribution < -0.4 is 4.90 Å². The zero-order valence-corrected chi connectivity index (χ0v) is 18.1. The van der Waals surface area contributed by atoms with Gasteiger partial charge in [0.1, 0.15) is 0 Å². The minimum atomic E-state index is -0.866. The van der Waals surface area contributed by atoms with E-state index in [-0.39, 0.29) is 23.5 Å². The van der Waals surface area contributed by atoms with E-state index in [2.05, 4.69) is 4.98 Å². The van der Waals surface area contributed by atoms with E-state index in [0.29, 0.717) is 17.7 Å². The molecule has 1 amide bonds. The number of aromatic nitrogens is 1. The molecule has 1 N–H and O–H groups in total. The van der Waals surface area contributed by atoms with Gasteiger partial charge >= 0.3 is 5.97 Å². The Kier molecular flexibility index (Phi) is 6.24. The van der Waals surface area contributed by atoms with Crippen molar-refractivity contribution in [1.29, 1.82) is 0 Å². The number of anilines is 1. The van der Waals surface area contributed by atoms with Gasteiger partial charge < -0.3 is 9.84 Å². The average Bonchev–Trinajstić information content (AvgIpc) is 3.02. The lowest BCUT2D eigenvalue weighted by atomic mass is 9.82. The number of nitrogens with zero attached hydrogens (tertiary/aromatic N) is 2. The van der Waals surface area contributed by atoms with Crippen molar-refractivity contribution < 1.29 is 24.2 Å². The van der Waals surface area contributed by atoms with Crippen LogP contribution in [0.2, 0.25) is 0 Å². The van der Waals surface area contributed by atoms with Crippen molar-refractivity contribution in [3.05, 3.63) is 71.3 Å². The zero-order valence-electron chi connectivity index (χ0n) is 18.1. The molecule has 0 saturated carbocycles. The Labute approximate surface area is 181 Å². The molecule has 0 bridgehead atoms. The van der Waals surface area contributed by atoms with Gasteiger partial charge in [-0.25, -0.2) is 4.79 Å². The van der Waals surface area contributed by atoms with Crippen LogP contribution in [0.1, 0.15) is 56.1 Å². The zero-order chi connectivity index (χ0) is 22.8. The lowest BCUT2D eigenvalue weighted by molar-refractivity contribution is -0.123. The summed E-state index contributed by atoms with van der Waals surface area (Å²) in [5.41, 5.74) is 0.425. The van der Waals surface area contributed by atoms with E-state index < -0.39 is 29.1 Å². The monoisotopic (exact) mass is 422 g/mol. The third kappa shape index (κ3) is 4.35. The number of pyridine rings is 1. The molecule has 1 aromatic heterocycles. The van der Waals surface area contributed by atoms with E-state index in [9.17, 15) is 19.5 Å². The van der Waals surface area contributed by atoms with Crippen LogP contribution in [-0.4, -0.2) is 34.4 Å². The van der Waals surface area contributed by atoms with E-state index >= 15 is 0 Å². The van der Waals surface area contributed by atoms with Gasteiger partial charge in [0, 0.05) is 23.5 Å². The van der Waals surface area contributed by atoms with Crippen molar-refractivity contribution in [2.75, 3.05) is 11.5 Å². The maximum atomic E-state index is 13.2. The number of carbonyl (C=O) groups is 3. The number of hydrogen-bond donors (Lipinski definition) is 1. The van der Waals surface area contributed by atoms with E-state index in [1.54, 1.807) is 63.5 Å². The Hall–Kier alpha value is -3.48. The Bertz CT molecular complexity index is 1040. The van der Waals surface area contributed by atoms with Crippen LogP contribution in [0.4, 0.5) is 5.69 Å². The number of hydrogen-bond acceptors (Lipinski definition) is 6. The maximum Gasteiger partial charge on any atom is 0.338 e. The van der Waals surface area contributed by atoms with Crippen LogP contribution in [0.3, 0.4) is 0 Å². The summed E-state index contributed by atoms with van der Waals surface area (Å²) >= 11 is 0. The van der Waals surface area contributed by atoms with Crippen LogP contribution in [0.25, 0.3) is 0 Å². The second kappa shape index (κ2) is 8.71. The van der Waals surface area contributed by atoms with E-state index in [1.165, 1.54) is 11.0 Å². The molecule has 0 saturated heterocycles. The van der Waals surface area contributed by atoms with Gasteiger partial charge in [0.05, 0.1) is 23.8 Å². The molecule has 0 aliphatic carbocycles. The maximum absolute atomic E-state index is 13.2. The van der Waals surface area contributed by atoms with Crippen molar-refractivity contribution in [3.63, 3.8) is 0 Å². The number of aliphatic hydroxyl groups excluding tert-OH is 1. The molecule has 1 unspecified atom stereocenters. The summed E-state index contributed by atoms with van der Waals surface area (Å²) in [7, 11) is 0. The molecule has 3 rings (SSSR count). The summed E-state index contributed by atoms with van der Waals surface area (Å²) in [6, 6.07) is 8.97. The fourth-order valence-corrected chi connectivity index (χ4v) is 3.42. The second-order valence-electron chi connectivity index (χ2n) is 8.39. The Balaban J connectivity index is 2.11. The fourth-order valence-electron chi connectivity index (χ4n) is 3.42. The lowest BCUT2D eigenvalue weighted by Gasteiger charge is -2.28. The minimum Gasteiger partial charge on any atom is -0.503 e. The summed E-state index contributed by atoms with van der Waals surface area (Å²) in [6.07, 6.45) is 3.83. The molecule has 0 spiro atoms. The van der Waals surface area contributed by atoms with Crippen molar-refractivity contribution >= 4 is 23.3 Å². The number of amides is 1. The third-order valence-corrected chi connectivity index (χ3v) is 4.93. The first-order valence-corrected chi connectivity index (χ1v) is 10.2. The number of ether oxygens (including phenoxy) is 1. The lowest BCUT2D eigenvalue weighted by Crippen LogP contribution is -2.33. The number of ketones is 1. The Morgan fingerprint density at radius 3 is 2.55 bits per heavy atom. The minimum absolute atomic E-state index is 0.0180. The first-order chi connectivity index (χ1) is 14.7. The molecule has 31 heavy (non-hydrogen) atoms. The van der Waals surface area contributed by atoms with Crippen LogP contribution in [-0.2, 0) is 14.3 Å². The van der Waals surface area contributed by atoms with Crippen LogP contribution in [0.15, 0.2) is 60.1 Å². The van der Waals surface area contributed by atoms with Gasteiger partial charge in [0.15, 0.2) is 11.5 Å². The van der Waals surface area contributed by atoms with Gasteiger partial charge in [0.25, 0.3) is 5.91 Å². The van der Waals surface area contributed by atoms with Crippen molar-refractivity contribution in [1.82, 2.24) is 4.98 Å². The number of rotatable bonds is 6. The number of benzene rings is 1. The molecular formula is C24H26N2O5. The van der Waals surface area contributed by atoms with E-state index in [4.69, 9.17) is 4.74 Å². The van der Waals surface area contributed by atoms with Crippen LogP contribution in [0.5, 0.6) is 0 Å². The number of esters is 1. The van der Waals surface area contributed by atoms with Gasteiger partial charge in [-0.2, -0.15) is 0 Å². The first kappa shape index (κ1) is 22.2. The van der Waals surface area contributed by atoms with Gasteiger partial charge in [-0.3, -0.25) is 19.5 Å². The molecule has 1 aliphatic heterocycles. The van der Waals surface area contributed by atoms with Crippen LogP contribution >= 0.6 is 0 Å². The molecule has 0 radical (unpaired) electrons. The SMILES string of the molecule is CCCOC(=O)c1cccc(N2C(=O)C(O)=C(C(=O)C(C)(C)C)C2c2cccnc2)c1. The quantitative estimate of drug-likeness (QED) is 0.702. The summed E-state index contributed by atoms with van der Waals surface area (Å²) in [4.78, 5) is 44.1. The third-order valence-electron chi connectivity index (χ3n) is 4.93. The van der Waals surface area contributed by atoms with Crippen molar-refractivity contribution in [2.24, 2.45) is 5.41 Å². The van der Waals surface area contributed by atoms with E-state index in [1.807, 2.05) is 6.92 Å². The number of Topliss-reactive ketones (excluding diaryl/α,β-unsaturated/α-hetero) is 1. The van der Waals surface area contributed by atoms with E-state index in [0.717, 1.165) is 0 Å². The fraction of sp³-hybridized carbons (Fsp3) is 0.333. The molecule has 2 heterocycles. The summed E-state index contributed by atoms with van der Waals surface area (Å²) in [5, 5.41) is 10.7. The summed E-state index contributed by atoms with van der Waals surface area (Å²) < 4.78 is 5.19. The Morgan fingerprint density at radius 1 is 1.19 bits per heavy atom. The van der Waals surface area contributed by atoms with Gasteiger partial charge in [-0.1, -0.05) is 39.8 Å². The number of carbonyl (C=O) groups excluding carboxylic acids is 3. The second-order valence-corrected chi connectivity index (χ2v) is 8.39. The molecule has 1 aliphatic rings. The highest BCUT2D eigenvalue weighted by molar-refractivity contribution is 6.17. The predicted octanol–water partition coefficient (Wildman–Crippen LogP) is 4.16. The molecule has 2 aromatic rings. The normalized spacial score (nSPS) is 16.6. The largest absolute Gasteiger partial charge is 0.503 e. The molecule has 1 aromatic carbocycles. The average molecular weight is 422 g/mol. The first-order valence-electron chi connectivity index (χ1n) is 10.2. The van der Waals surface area contributed by atoms with Gasteiger partial charge in [0.2, 0.25) is 0 Å². The summed E-state index contributed by atoms with van der Waals surface area (Å²) in [6.45, 7) is 7.37. The molecule has 0 fully saturated rings. The van der Waals surface area contributed by atoms with Gasteiger partial charge in [-0.05, 0) is 36.2 Å². The van der Waals surface area contributed by atoms with Gasteiger partial charge in [-0.15, -0.1) is 0 Å². The highest BCUT2D eigenvalue weighted by Gasteiger charge is 2.46. The van der Waals surface area contributed by atoms with Crippen molar-refractivity contribution in [2.45, 2.75) is 40.2 Å². The van der Waals surface area contributed by atoms with Crippen LogP contribution in [0, 0.1) is 5.41 Å². The Morgan fingerprint density at radius 2 is 1.94 bits per heavy atom. The molecule has 1 atom stereocenters. The number of aliphatic hydroxyl groups is 1. The standard InChI is InChI=1S/C24H26N2O5/c1-5-12-31-23(30)15-8-6-10-17(13-15)26-19(16-9-7-11-25-14-16)18(20(27)22(26)29)21(28)24(2,3)4/h6-11,13-14,19,27H,5,12H2,1-4H3. The molecule has 162 valence electrons. The molecule has 7 heteroatoms. The predicted molar refractivity (Wildman–Crippen MR) is 116 cm³/mol. The smallest absolute Gasteiger partial charge is 0.338 e. The summed E-state index contributed by atoms with van der Waals surface area (Å²) in [5.74, 6) is -2.14. The molecule has 7 nitrogen and oxygen atoms in total. The highest BCUT2D eigenvalue weighted by atomic mass is 16.5.